The molecule has 0 atom stereocenters. The summed E-state index contributed by atoms with van der Waals surface area (Å²) in [5.41, 5.74) is 0. The van der Waals surface area contributed by atoms with Crippen LogP contribution in [0.1, 0.15) is 44.9 Å². The van der Waals surface area contributed by atoms with Gasteiger partial charge in [0.25, 0.3) is 0 Å². The van der Waals surface area contributed by atoms with Gasteiger partial charge in [0, 0.05) is 38.1 Å². The second-order valence-electron chi connectivity index (χ2n) is 6.54. The molecule has 2 heterocycles. The van der Waals surface area contributed by atoms with Gasteiger partial charge in [0.2, 0.25) is 5.91 Å². The summed E-state index contributed by atoms with van der Waals surface area (Å²) in [5.74, 6) is 0.786. The number of rotatable bonds is 2. The Morgan fingerprint density at radius 1 is 0.850 bits per heavy atom. The Hall–Kier alpha value is -0.610. The quantitative estimate of drug-likeness (QED) is 0.774. The zero-order valence-corrected chi connectivity index (χ0v) is 12.6. The molecular weight excluding hydrogens is 252 g/mol. The normalized spacial score (nSPS) is 27.7. The zero-order chi connectivity index (χ0) is 13.8. The molecule has 2 aliphatic heterocycles. The lowest BCUT2D eigenvalue weighted by molar-refractivity contribution is -0.138. The first kappa shape index (κ1) is 14.3. The summed E-state index contributed by atoms with van der Waals surface area (Å²) < 4.78 is 5.42. The first-order chi connectivity index (χ1) is 9.84. The summed E-state index contributed by atoms with van der Waals surface area (Å²) in [6.45, 7) is 5.83. The predicted molar refractivity (Wildman–Crippen MR) is 78.6 cm³/mol. The second-order valence-corrected chi connectivity index (χ2v) is 6.54. The third-order valence-electron chi connectivity index (χ3n) is 5.29. The summed E-state index contributed by atoms with van der Waals surface area (Å²) >= 11 is 0. The van der Waals surface area contributed by atoms with E-state index >= 15 is 0 Å². The van der Waals surface area contributed by atoms with Crippen molar-refractivity contribution >= 4 is 5.91 Å². The van der Waals surface area contributed by atoms with Crippen molar-refractivity contribution < 1.29 is 9.53 Å². The summed E-state index contributed by atoms with van der Waals surface area (Å²) in [5, 5.41) is 0. The lowest BCUT2D eigenvalue weighted by atomic mass is 9.87. The highest BCUT2D eigenvalue weighted by molar-refractivity contribution is 5.79. The molecule has 1 saturated carbocycles. The van der Waals surface area contributed by atoms with Gasteiger partial charge in [-0.15, -0.1) is 0 Å². The lowest BCUT2D eigenvalue weighted by Crippen LogP contribution is -2.51. The van der Waals surface area contributed by atoms with Crippen LogP contribution in [-0.4, -0.2) is 61.1 Å². The molecule has 3 fully saturated rings. The van der Waals surface area contributed by atoms with Crippen molar-refractivity contribution in [2.45, 2.75) is 51.0 Å². The largest absolute Gasteiger partial charge is 0.379 e. The van der Waals surface area contributed by atoms with Gasteiger partial charge in [0.05, 0.1) is 13.2 Å². The molecule has 4 nitrogen and oxygen atoms in total. The van der Waals surface area contributed by atoms with Crippen molar-refractivity contribution in [3.8, 4) is 0 Å². The number of morpholine rings is 1. The number of carbonyl (C=O) groups excluding carboxylic acids is 1. The number of carbonyl (C=O) groups is 1. The second kappa shape index (κ2) is 6.90. The Morgan fingerprint density at radius 2 is 1.50 bits per heavy atom. The highest BCUT2D eigenvalue weighted by Crippen LogP contribution is 2.27. The number of amides is 1. The molecular formula is C16H28N2O2. The predicted octanol–water partition coefficient (Wildman–Crippen LogP) is 1.89. The number of hydrogen-bond donors (Lipinski definition) is 0. The molecule has 114 valence electrons. The van der Waals surface area contributed by atoms with Crippen LogP contribution >= 0.6 is 0 Å². The van der Waals surface area contributed by atoms with Gasteiger partial charge < -0.3 is 9.64 Å². The van der Waals surface area contributed by atoms with Crippen LogP contribution in [0.3, 0.4) is 0 Å². The van der Waals surface area contributed by atoms with E-state index < -0.39 is 0 Å². The Labute approximate surface area is 122 Å². The van der Waals surface area contributed by atoms with Gasteiger partial charge in [-0.05, 0) is 25.7 Å². The highest BCUT2D eigenvalue weighted by Gasteiger charge is 2.31. The smallest absolute Gasteiger partial charge is 0.225 e. The molecule has 0 spiro atoms. The monoisotopic (exact) mass is 280 g/mol. The van der Waals surface area contributed by atoms with Crippen LogP contribution in [0.5, 0.6) is 0 Å². The van der Waals surface area contributed by atoms with E-state index in [0.29, 0.717) is 17.9 Å². The minimum atomic E-state index is 0.337. The molecule has 0 aromatic carbocycles. The maximum Gasteiger partial charge on any atom is 0.225 e. The molecule has 1 aliphatic carbocycles. The number of piperidine rings is 1. The Kier molecular flexibility index (Phi) is 4.94. The van der Waals surface area contributed by atoms with Crippen LogP contribution in [0.25, 0.3) is 0 Å². The van der Waals surface area contributed by atoms with Crippen LogP contribution in [-0.2, 0) is 9.53 Å². The maximum absolute atomic E-state index is 12.5. The molecule has 0 N–H and O–H groups in total. The van der Waals surface area contributed by atoms with E-state index in [-0.39, 0.29) is 0 Å². The Bertz CT molecular complexity index is 314. The van der Waals surface area contributed by atoms with E-state index in [2.05, 4.69) is 9.80 Å². The van der Waals surface area contributed by atoms with Crippen LogP contribution in [0, 0.1) is 5.92 Å². The number of likely N-dealkylation sites (tertiary alicyclic amines) is 1. The molecule has 3 aliphatic rings. The minimum Gasteiger partial charge on any atom is -0.379 e. The molecule has 0 radical (unpaired) electrons. The summed E-state index contributed by atoms with van der Waals surface area (Å²) in [6, 6.07) is 0.675. The van der Waals surface area contributed by atoms with Crippen molar-refractivity contribution in [1.82, 2.24) is 9.80 Å². The Morgan fingerprint density at radius 3 is 2.15 bits per heavy atom. The fourth-order valence-corrected chi connectivity index (χ4v) is 4.00. The van der Waals surface area contributed by atoms with Gasteiger partial charge in [-0.25, -0.2) is 0 Å². The zero-order valence-electron chi connectivity index (χ0n) is 12.6. The minimum absolute atomic E-state index is 0.337. The molecule has 4 heteroatoms. The van der Waals surface area contributed by atoms with Crippen molar-refractivity contribution in [1.29, 1.82) is 0 Å². The molecule has 20 heavy (non-hydrogen) atoms. The first-order valence-corrected chi connectivity index (χ1v) is 8.45. The van der Waals surface area contributed by atoms with Crippen molar-refractivity contribution in [2.75, 3.05) is 39.4 Å². The van der Waals surface area contributed by atoms with Gasteiger partial charge in [0.15, 0.2) is 0 Å². The fraction of sp³-hybridized carbons (Fsp3) is 0.938. The van der Waals surface area contributed by atoms with Crippen LogP contribution in [0.15, 0.2) is 0 Å². The standard InChI is InChI=1S/C16H28N2O2/c19-16(14-4-2-1-3-5-14)18-8-6-15(7-9-18)17-10-12-20-13-11-17/h14-15H,1-13H2. The average molecular weight is 280 g/mol. The summed E-state index contributed by atoms with van der Waals surface area (Å²) in [6.07, 6.45) is 8.38. The summed E-state index contributed by atoms with van der Waals surface area (Å²) in [4.78, 5) is 17.2. The van der Waals surface area contributed by atoms with E-state index in [9.17, 15) is 4.79 Å². The third kappa shape index (κ3) is 3.34. The van der Waals surface area contributed by atoms with E-state index in [1.807, 2.05) is 0 Å². The van der Waals surface area contributed by atoms with Gasteiger partial charge in [-0.3, -0.25) is 9.69 Å². The molecule has 0 aromatic rings. The average Bonchev–Trinajstić information content (AvgIpc) is 2.56. The van der Waals surface area contributed by atoms with Crippen LogP contribution < -0.4 is 0 Å². The molecule has 0 unspecified atom stereocenters. The first-order valence-electron chi connectivity index (χ1n) is 8.45. The van der Waals surface area contributed by atoms with Gasteiger partial charge in [-0.2, -0.15) is 0 Å². The van der Waals surface area contributed by atoms with E-state index in [1.165, 1.54) is 19.3 Å². The fourth-order valence-electron chi connectivity index (χ4n) is 4.00. The third-order valence-corrected chi connectivity index (χ3v) is 5.29. The van der Waals surface area contributed by atoms with Crippen LogP contribution in [0.2, 0.25) is 0 Å². The molecule has 2 saturated heterocycles. The van der Waals surface area contributed by atoms with E-state index in [1.54, 1.807) is 0 Å². The van der Waals surface area contributed by atoms with Crippen LogP contribution in [0.4, 0.5) is 0 Å². The maximum atomic E-state index is 12.5. The van der Waals surface area contributed by atoms with Crippen molar-refractivity contribution in [2.24, 2.45) is 5.92 Å². The van der Waals surface area contributed by atoms with Gasteiger partial charge in [0.1, 0.15) is 0 Å². The molecule has 0 bridgehead atoms. The van der Waals surface area contributed by atoms with Gasteiger partial charge >= 0.3 is 0 Å². The molecule has 1 amide bonds. The Balaban J connectivity index is 1.46. The van der Waals surface area contributed by atoms with Crippen molar-refractivity contribution in [3.05, 3.63) is 0 Å². The van der Waals surface area contributed by atoms with Gasteiger partial charge in [-0.1, -0.05) is 19.3 Å². The number of ether oxygens (including phenoxy) is 1. The number of hydrogen-bond acceptors (Lipinski definition) is 3. The SMILES string of the molecule is O=C(C1CCCCC1)N1CCC(N2CCOCC2)CC1. The molecule has 0 aromatic heterocycles. The van der Waals surface area contributed by atoms with E-state index in [0.717, 1.165) is 65.1 Å². The summed E-state index contributed by atoms with van der Waals surface area (Å²) in [7, 11) is 0. The molecule has 3 rings (SSSR count). The highest BCUT2D eigenvalue weighted by atomic mass is 16.5. The lowest BCUT2D eigenvalue weighted by Gasteiger charge is -2.41. The van der Waals surface area contributed by atoms with Crippen molar-refractivity contribution in [3.63, 3.8) is 0 Å². The topological polar surface area (TPSA) is 32.8 Å². The number of nitrogens with zero attached hydrogens (tertiary/aromatic N) is 2. The van der Waals surface area contributed by atoms with E-state index in [4.69, 9.17) is 4.74 Å².